The zero-order valence-electron chi connectivity index (χ0n) is 9.64. The van der Waals surface area contributed by atoms with Crippen LogP contribution in [0.15, 0.2) is 22.7 Å². The van der Waals surface area contributed by atoms with Crippen LogP contribution in [0.1, 0.15) is 19.7 Å². The number of pyridine rings is 1. The highest BCUT2D eigenvalue weighted by molar-refractivity contribution is 6.30. The molecule has 0 aliphatic carbocycles. The van der Waals surface area contributed by atoms with Crippen molar-refractivity contribution in [2.24, 2.45) is 0 Å². The van der Waals surface area contributed by atoms with E-state index in [1.165, 1.54) is 0 Å². The zero-order valence-corrected chi connectivity index (χ0v) is 10.4. The molecule has 5 nitrogen and oxygen atoms in total. The van der Waals surface area contributed by atoms with E-state index in [0.29, 0.717) is 35.1 Å². The van der Waals surface area contributed by atoms with Crippen molar-refractivity contribution in [1.82, 2.24) is 20.5 Å². The smallest absolute Gasteiger partial charge is 0.266 e. The Balaban J connectivity index is 2.10. The molecule has 0 fully saturated rings. The number of rotatable bonds is 4. The molecular weight excluding hydrogens is 240 g/mol. The third-order valence-corrected chi connectivity index (χ3v) is 2.30. The van der Waals surface area contributed by atoms with Crippen molar-refractivity contribution in [2.75, 3.05) is 0 Å². The van der Waals surface area contributed by atoms with Crippen molar-refractivity contribution in [3.05, 3.63) is 29.2 Å². The van der Waals surface area contributed by atoms with Crippen LogP contribution < -0.4 is 5.32 Å². The molecule has 90 valence electrons. The first kappa shape index (κ1) is 12.0. The van der Waals surface area contributed by atoms with E-state index in [0.717, 1.165) is 0 Å². The highest BCUT2D eigenvalue weighted by atomic mass is 35.5. The van der Waals surface area contributed by atoms with Gasteiger partial charge in [0.05, 0.1) is 11.6 Å². The molecule has 6 heteroatoms. The molecule has 0 aromatic carbocycles. The predicted octanol–water partition coefficient (Wildman–Crippen LogP) is 2.28. The second-order valence-electron chi connectivity index (χ2n) is 3.90. The van der Waals surface area contributed by atoms with Gasteiger partial charge >= 0.3 is 0 Å². The van der Waals surface area contributed by atoms with E-state index in [1.54, 1.807) is 18.3 Å². The molecule has 0 radical (unpaired) electrons. The summed E-state index contributed by atoms with van der Waals surface area (Å²) in [4.78, 5) is 4.11. The fourth-order valence-corrected chi connectivity index (χ4v) is 1.33. The van der Waals surface area contributed by atoms with Gasteiger partial charge in [0.1, 0.15) is 5.69 Å². The molecule has 0 saturated heterocycles. The molecule has 17 heavy (non-hydrogen) atoms. The summed E-state index contributed by atoms with van der Waals surface area (Å²) in [5.74, 6) is 0.952. The monoisotopic (exact) mass is 252 g/mol. The molecule has 2 rings (SSSR count). The molecule has 2 aromatic rings. The lowest BCUT2D eigenvalue weighted by atomic mass is 10.3. The SMILES string of the molecule is CC(C)NCc1nnc(-c2ccc(Cl)cn2)o1. The zero-order chi connectivity index (χ0) is 12.3. The normalized spacial score (nSPS) is 11.1. The van der Waals surface area contributed by atoms with Gasteiger partial charge in [0, 0.05) is 12.2 Å². The molecule has 0 bridgehead atoms. The molecule has 0 spiro atoms. The second kappa shape index (κ2) is 5.25. The number of nitrogens with one attached hydrogen (secondary N) is 1. The van der Waals surface area contributed by atoms with Crippen LogP contribution in [0.2, 0.25) is 5.02 Å². The Hall–Kier alpha value is -1.46. The van der Waals surface area contributed by atoms with Crippen LogP contribution in [0.5, 0.6) is 0 Å². The van der Waals surface area contributed by atoms with Crippen molar-refractivity contribution < 1.29 is 4.42 Å². The molecule has 2 aromatic heterocycles. The Labute approximate surface area is 104 Å². The van der Waals surface area contributed by atoms with Crippen LogP contribution in [0.4, 0.5) is 0 Å². The summed E-state index contributed by atoms with van der Waals surface area (Å²) < 4.78 is 5.47. The van der Waals surface area contributed by atoms with Gasteiger partial charge in [-0.2, -0.15) is 0 Å². The lowest BCUT2D eigenvalue weighted by Crippen LogP contribution is -2.21. The van der Waals surface area contributed by atoms with Crippen LogP contribution in [0.25, 0.3) is 11.6 Å². The topological polar surface area (TPSA) is 63.8 Å². The maximum atomic E-state index is 5.75. The molecule has 0 aliphatic rings. The molecule has 0 amide bonds. The third-order valence-electron chi connectivity index (χ3n) is 2.07. The van der Waals surface area contributed by atoms with Crippen molar-refractivity contribution in [1.29, 1.82) is 0 Å². The summed E-state index contributed by atoms with van der Waals surface area (Å²) in [5, 5.41) is 11.6. The van der Waals surface area contributed by atoms with E-state index in [9.17, 15) is 0 Å². The van der Waals surface area contributed by atoms with Gasteiger partial charge in [0.15, 0.2) is 0 Å². The number of nitrogens with zero attached hydrogens (tertiary/aromatic N) is 3. The maximum absolute atomic E-state index is 5.75. The van der Waals surface area contributed by atoms with E-state index < -0.39 is 0 Å². The Morgan fingerprint density at radius 1 is 1.35 bits per heavy atom. The molecule has 1 N–H and O–H groups in total. The van der Waals surface area contributed by atoms with Crippen molar-refractivity contribution in [3.8, 4) is 11.6 Å². The molecule has 2 heterocycles. The molecule has 0 unspecified atom stereocenters. The summed E-state index contributed by atoms with van der Waals surface area (Å²) in [7, 11) is 0. The van der Waals surface area contributed by atoms with Crippen molar-refractivity contribution >= 4 is 11.6 Å². The Kier molecular flexibility index (Phi) is 3.71. The highest BCUT2D eigenvalue weighted by Crippen LogP contribution is 2.16. The van der Waals surface area contributed by atoms with E-state index in [2.05, 4.69) is 34.3 Å². The average Bonchev–Trinajstić information content (AvgIpc) is 2.76. The predicted molar refractivity (Wildman–Crippen MR) is 64.5 cm³/mol. The fourth-order valence-electron chi connectivity index (χ4n) is 1.22. The largest absolute Gasteiger partial charge is 0.418 e. The Morgan fingerprint density at radius 3 is 2.82 bits per heavy atom. The third kappa shape index (κ3) is 3.25. The van der Waals surface area contributed by atoms with Crippen LogP contribution in [-0.4, -0.2) is 21.2 Å². The minimum atomic E-state index is 0.374. The number of aromatic nitrogens is 3. The average molecular weight is 253 g/mol. The van der Waals surface area contributed by atoms with E-state index >= 15 is 0 Å². The Morgan fingerprint density at radius 2 is 2.18 bits per heavy atom. The van der Waals surface area contributed by atoms with Gasteiger partial charge in [0.2, 0.25) is 5.89 Å². The summed E-state index contributed by atoms with van der Waals surface area (Å²) in [6.45, 7) is 4.66. The van der Waals surface area contributed by atoms with Crippen LogP contribution in [0, 0.1) is 0 Å². The van der Waals surface area contributed by atoms with Crippen LogP contribution in [-0.2, 0) is 6.54 Å². The summed E-state index contributed by atoms with van der Waals surface area (Å²) in [6.07, 6.45) is 1.55. The number of halogens is 1. The lowest BCUT2D eigenvalue weighted by Gasteiger charge is -2.03. The Bertz CT molecular complexity index is 480. The van der Waals surface area contributed by atoms with Gasteiger partial charge in [-0.3, -0.25) is 0 Å². The minimum Gasteiger partial charge on any atom is -0.418 e. The number of hydrogen-bond donors (Lipinski definition) is 1. The van der Waals surface area contributed by atoms with Crippen molar-refractivity contribution in [2.45, 2.75) is 26.4 Å². The number of hydrogen-bond acceptors (Lipinski definition) is 5. The van der Waals surface area contributed by atoms with Gasteiger partial charge in [-0.15, -0.1) is 10.2 Å². The first-order valence-electron chi connectivity index (χ1n) is 5.33. The summed E-state index contributed by atoms with van der Waals surface area (Å²) in [5.41, 5.74) is 0.623. The standard InChI is InChI=1S/C11H13ClN4O/c1-7(2)13-6-10-15-16-11(17-10)9-4-3-8(12)5-14-9/h3-5,7,13H,6H2,1-2H3. The first-order valence-corrected chi connectivity index (χ1v) is 5.70. The van der Waals surface area contributed by atoms with Gasteiger partial charge in [0.25, 0.3) is 5.89 Å². The molecule has 0 aliphatic heterocycles. The summed E-state index contributed by atoms with van der Waals surface area (Å²) in [6, 6.07) is 3.86. The van der Waals surface area contributed by atoms with Gasteiger partial charge < -0.3 is 9.73 Å². The first-order chi connectivity index (χ1) is 8.15. The van der Waals surface area contributed by atoms with Crippen molar-refractivity contribution in [3.63, 3.8) is 0 Å². The minimum absolute atomic E-state index is 0.374. The summed E-state index contributed by atoms with van der Waals surface area (Å²) >= 11 is 5.75. The van der Waals surface area contributed by atoms with E-state index in [4.69, 9.17) is 16.0 Å². The fraction of sp³-hybridized carbons (Fsp3) is 0.364. The van der Waals surface area contributed by atoms with E-state index in [1.807, 2.05) is 0 Å². The lowest BCUT2D eigenvalue weighted by molar-refractivity contribution is 0.458. The molecule has 0 saturated carbocycles. The van der Waals surface area contributed by atoms with Crippen LogP contribution in [0.3, 0.4) is 0 Å². The second-order valence-corrected chi connectivity index (χ2v) is 4.33. The quantitative estimate of drug-likeness (QED) is 0.905. The van der Waals surface area contributed by atoms with Crippen LogP contribution >= 0.6 is 11.6 Å². The van der Waals surface area contributed by atoms with Gasteiger partial charge in [-0.05, 0) is 12.1 Å². The van der Waals surface area contributed by atoms with Gasteiger partial charge in [-0.25, -0.2) is 4.98 Å². The van der Waals surface area contributed by atoms with Gasteiger partial charge in [-0.1, -0.05) is 25.4 Å². The highest BCUT2D eigenvalue weighted by Gasteiger charge is 2.09. The molecular formula is C11H13ClN4O. The van der Waals surface area contributed by atoms with E-state index in [-0.39, 0.29) is 0 Å². The molecule has 0 atom stereocenters. The maximum Gasteiger partial charge on any atom is 0.266 e.